The number of aromatic nitrogens is 2. The molecule has 5 heteroatoms. The van der Waals surface area contributed by atoms with Gasteiger partial charge >= 0.3 is 0 Å². The lowest BCUT2D eigenvalue weighted by molar-refractivity contribution is 0.143. The number of anilines is 2. The fourth-order valence-electron chi connectivity index (χ4n) is 2.60. The number of ether oxygens (including phenoxy) is 1. The molecule has 0 bridgehead atoms. The van der Waals surface area contributed by atoms with Gasteiger partial charge in [0.15, 0.2) is 0 Å². The lowest BCUT2D eigenvalue weighted by Crippen LogP contribution is -2.37. The van der Waals surface area contributed by atoms with Gasteiger partial charge in [0.2, 0.25) is 5.95 Å². The summed E-state index contributed by atoms with van der Waals surface area (Å²) in [7, 11) is 1.77. The minimum Gasteiger partial charge on any atom is -0.384 e. The van der Waals surface area contributed by atoms with Crippen LogP contribution >= 0.6 is 0 Å². The summed E-state index contributed by atoms with van der Waals surface area (Å²) in [6.45, 7) is 7.84. The van der Waals surface area contributed by atoms with Gasteiger partial charge in [0.25, 0.3) is 0 Å². The Morgan fingerprint density at radius 1 is 1.47 bits per heavy atom. The van der Waals surface area contributed by atoms with Gasteiger partial charge in [-0.25, -0.2) is 4.98 Å². The van der Waals surface area contributed by atoms with Crippen molar-refractivity contribution in [3.63, 3.8) is 0 Å². The van der Waals surface area contributed by atoms with Crippen LogP contribution in [0.15, 0.2) is 6.07 Å². The third-order valence-corrected chi connectivity index (χ3v) is 3.42. The maximum Gasteiger partial charge on any atom is 0.224 e. The second-order valence-electron chi connectivity index (χ2n) is 5.13. The molecule has 1 unspecified atom stereocenters. The van der Waals surface area contributed by atoms with Gasteiger partial charge in [-0.15, -0.1) is 0 Å². The van der Waals surface area contributed by atoms with Gasteiger partial charge in [0.05, 0.1) is 6.61 Å². The summed E-state index contributed by atoms with van der Waals surface area (Å²) in [5.41, 5.74) is 1.01. The van der Waals surface area contributed by atoms with Gasteiger partial charge in [-0.2, -0.15) is 4.98 Å². The van der Waals surface area contributed by atoms with Crippen LogP contribution in [0.5, 0.6) is 0 Å². The number of nitrogens with one attached hydrogen (secondary N) is 1. The number of nitrogens with zero attached hydrogens (tertiary/aromatic N) is 3. The van der Waals surface area contributed by atoms with Crippen molar-refractivity contribution in [1.29, 1.82) is 0 Å². The molecule has 1 N–H and O–H groups in total. The van der Waals surface area contributed by atoms with E-state index in [0.29, 0.717) is 5.92 Å². The number of methoxy groups -OCH3 is 1. The van der Waals surface area contributed by atoms with E-state index in [9.17, 15) is 0 Å². The Kier molecular flexibility index (Phi) is 4.96. The van der Waals surface area contributed by atoms with Gasteiger partial charge in [-0.1, -0.05) is 0 Å². The molecule has 0 aliphatic carbocycles. The van der Waals surface area contributed by atoms with E-state index >= 15 is 0 Å². The first-order chi connectivity index (χ1) is 9.22. The van der Waals surface area contributed by atoms with E-state index in [1.165, 1.54) is 12.8 Å². The maximum absolute atomic E-state index is 5.28. The summed E-state index contributed by atoms with van der Waals surface area (Å²) in [5.74, 6) is 2.37. The van der Waals surface area contributed by atoms with Crippen molar-refractivity contribution < 1.29 is 4.74 Å². The van der Waals surface area contributed by atoms with Gasteiger partial charge in [-0.05, 0) is 32.6 Å². The van der Waals surface area contributed by atoms with Crippen LogP contribution in [0.25, 0.3) is 0 Å². The van der Waals surface area contributed by atoms with Crippen molar-refractivity contribution in [2.45, 2.75) is 26.7 Å². The van der Waals surface area contributed by atoms with Gasteiger partial charge in [0.1, 0.15) is 5.82 Å². The third-order valence-electron chi connectivity index (χ3n) is 3.42. The largest absolute Gasteiger partial charge is 0.384 e. The Bertz CT molecular complexity index is 408. The highest BCUT2D eigenvalue weighted by atomic mass is 16.5. The van der Waals surface area contributed by atoms with Crippen molar-refractivity contribution >= 4 is 11.8 Å². The molecule has 0 saturated carbocycles. The van der Waals surface area contributed by atoms with Crippen LogP contribution in [0.3, 0.4) is 0 Å². The Morgan fingerprint density at radius 2 is 2.32 bits per heavy atom. The van der Waals surface area contributed by atoms with Crippen LogP contribution in [-0.4, -0.2) is 43.3 Å². The van der Waals surface area contributed by atoms with Crippen LogP contribution in [0.2, 0.25) is 0 Å². The lowest BCUT2D eigenvalue weighted by Gasteiger charge is -2.33. The van der Waals surface area contributed by atoms with Crippen LogP contribution in [-0.2, 0) is 4.74 Å². The zero-order chi connectivity index (χ0) is 13.7. The summed E-state index contributed by atoms with van der Waals surface area (Å²) in [4.78, 5) is 11.4. The average molecular weight is 264 g/mol. The van der Waals surface area contributed by atoms with Gasteiger partial charge in [-0.3, -0.25) is 0 Å². The number of aryl methyl sites for hydroxylation is 1. The van der Waals surface area contributed by atoms with Crippen LogP contribution in [0, 0.1) is 12.8 Å². The molecule has 1 aliphatic rings. The zero-order valence-corrected chi connectivity index (χ0v) is 12.1. The SMILES string of the molecule is CCNc1nc(C)cc(N2CCCC(COC)C2)n1. The fourth-order valence-corrected chi connectivity index (χ4v) is 2.60. The Balaban J connectivity index is 2.11. The highest BCUT2D eigenvalue weighted by molar-refractivity contribution is 5.45. The first kappa shape index (κ1) is 14.1. The van der Waals surface area contributed by atoms with E-state index in [4.69, 9.17) is 4.74 Å². The van der Waals surface area contributed by atoms with E-state index in [-0.39, 0.29) is 0 Å². The van der Waals surface area contributed by atoms with Crippen molar-refractivity contribution in [1.82, 2.24) is 9.97 Å². The van der Waals surface area contributed by atoms with Crippen molar-refractivity contribution in [3.05, 3.63) is 11.8 Å². The number of rotatable bonds is 5. The molecule has 0 radical (unpaired) electrons. The number of piperidine rings is 1. The minimum atomic E-state index is 0.608. The molecule has 2 heterocycles. The van der Waals surface area contributed by atoms with E-state index < -0.39 is 0 Å². The molecule has 2 rings (SSSR count). The molecule has 19 heavy (non-hydrogen) atoms. The molecule has 1 aromatic heterocycles. The van der Waals surface area contributed by atoms with Crippen LogP contribution < -0.4 is 10.2 Å². The topological polar surface area (TPSA) is 50.3 Å². The first-order valence-electron chi connectivity index (χ1n) is 7.06. The second kappa shape index (κ2) is 6.70. The normalized spacial score (nSPS) is 19.5. The van der Waals surface area contributed by atoms with Crippen LogP contribution in [0.1, 0.15) is 25.5 Å². The molecule has 106 valence electrons. The molecular formula is C14H24N4O. The molecule has 1 saturated heterocycles. The zero-order valence-electron chi connectivity index (χ0n) is 12.1. The van der Waals surface area contributed by atoms with Gasteiger partial charge < -0.3 is 15.0 Å². The minimum absolute atomic E-state index is 0.608. The van der Waals surface area contributed by atoms with Gasteiger partial charge in [0, 0.05) is 38.5 Å². The van der Waals surface area contributed by atoms with E-state index in [0.717, 1.165) is 43.7 Å². The molecule has 0 aromatic carbocycles. The summed E-state index contributed by atoms with van der Waals surface area (Å²) < 4.78 is 5.28. The first-order valence-corrected chi connectivity index (χ1v) is 7.06. The summed E-state index contributed by atoms with van der Waals surface area (Å²) in [5, 5.41) is 3.19. The fraction of sp³-hybridized carbons (Fsp3) is 0.714. The molecule has 5 nitrogen and oxygen atoms in total. The number of hydrogen-bond donors (Lipinski definition) is 1. The third kappa shape index (κ3) is 3.80. The molecule has 1 aromatic rings. The average Bonchev–Trinajstić information content (AvgIpc) is 2.39. The highest BCUT2D eigenvalue weighted by Gasteiger charge is 2.21. The van der Waals surface area contributed by atoms with E-state index in [1.54, 1.807) is 7.11 Å². The summed E-state index contributed by atoms with van der Waals surface area (Å²) in [6.07, 6.45) is 2.45. The summed E-state index contributed by atoms with van der Waals surface area (Å²) >= 11 is 0. The predicted octanol–water partition coefficient (Wildman–Crippen LogP) is 2.08. The maximum atomic E-state index is 5.28. The molecule has 0 spiro atoms. The molecule has 1 aliphatic heterocycles. The Morgan fingerprint density at radius 3 is 3.05 bits per heavy atom. The monoisotopic (exact) mass is 264 g/mol. The van der Waals surface area contributed by atoms with Crippen LogP contribution in [0.4, 0.5) is 11.8 Å². The summed E-state index contributed by atoms with van der Waals surface area (Å²) in [6, 6.07) is 2.07. The Labute approximate surface area is 115 Å². The van der Waals surface area contributed by atoms with Crippen molar-refractivity contribution in [3.8, 4) is 0 Å². The standard InChI is InChI=1S/C14H24N4O/c1-4-15-14-16-11(2)8-13(17-14)18-7-5-6-12(9-18)10-19-3/h8,12H,4-7,9-10H2,1-3H3,(H,15,16,17). The van der Waals surface area contributed by atoms with Crippen molar-refractivity contribution in [2.24, 2.45) is 5.92 Å². The molecule has 1 fully saturated rings. The molecular weight excluding hydrogens is 240 g/mol. The second-order valence-corrected chi connectivity index (χ2v) is 5.13. The quantitative estimate of drug-likeness (QED) is 0.882. The van der Waals surface area contributed by atoms with Crippen molar-refractivity contribution in [2.75, 3.05) is 43.6 Å². The van der Waals surface area contributed by atoms with E-state index in [1.807, 2.05) is 6.92 Å². The molecule has 1 atom stereocenters. The van der Waals surface area contributed by atoms with E-state index in [2.05, 4.69) is 33.2 Å². The Hall–Kier alpha value is -1.36. The highest BCUT2D eigenvalue weighted by Crippen LogP contribution is 2.23. The lowest BCUT2D eigenvalue weighted by atomic mass is 9.99. The smallest absolute Gasteiger partial charge is 0.224 e. The predicted molar refractivity (Wildman–Crippen MR) is 77.7 cm³/mol. The molecule has 0 amide bonds. The number of hydrogen-bond acceptors (Lipinski definition) is 5.